The molecule has 0 bridgehead atoms. The number of aryl methyl sites for hydroxylation is 2. The third kappa shape index (κ3) is 2.79. The Kier molecular flexibility index (Phi) is 3.52. The first kappa shape index (κ1) is 12.8. The molecule has 18 heavy (non-hydrogen) atoms. The highest BCUT2D eigenvalue weighted by molar-refractivity contribution is 7.22. The standard InChI is InChI=1S/C13H17N3OS/c1-7(2)14-12(17)16-13-15-11-9(4)5-8(3)6-10(11)18-13/h5-7H,1-4H3,(H2,14,15,16,17). The van der Waals surface area contributed by atoms with Gasteiger partial charge >= 0.3 is 6.03 Å². The highest BCUT2D eigenvalue weighted by atomic mass is 32.1. The molecule has 5 heteroatoms. The molecule has 0 fully saturated rings. The molecule has 1 heterocycles. The van der Waals surface area contributed by atoms with E-state index in [2.05, 4.69) is 34.7 Å². The number of amides is 2. The minimum absolute atomic E-state index is 0.114. The normalized spacial score (nSPS) is 10.9. The smallest absolute Gasteiger partial charge is 0.321 e. The molecule has 96 valence electrons. The third-order valence-corrected chi connectivity index (χ3v) is 3.39. The van der Waals surface area contributed by atoms with E-state index in [1.54, 1.807) is 0 Å². The van der Waals surface area contributed by atoms with Gasteiger partial charge in [0.05, 0.1) is 10.2 Å². The largest absolute Gasteiger partial charge is 0.336 e. The molecule has 0 spiro atoms. The van der Waals surface area contributed by atoms with E-state index in [0.29, 0.717) is 5.13 Å². The van der Waals surface area contributed by atoms with Crippen molar-refractivity contribution in [3.05, 3.63) is 23.3 Å². The maximum absolute atomic E-state index is 11.6. The Hall–Kier alpha value is -1.62. The van der Waals surface area contributed by atoms with E-state index >= 15 is 0 Å². The van der Waals surface area contributed by atoms with Gasteiger partial charge in [0.1, 0.15) is 0 Å². The van der Waals surface area contributed by atoms with Gasteiger partial charge in [0.2, 0.25) is 0 Å². The van der Waals surface area contributed by atoms with E-state index in [1.165, 1.54) is 16.9 Å². The minimum atomic E-state index is -0.210. The second-order valence-corrected chi connectivity index (χ2v) is 5.73. The van der Waals surface area contributed by atoms with Crippen molar-refractivity contribution in [2.45, 2.75) is 33.7 Å². The van der Waals surface area contributed by atoms with Crippen molar-refractivity contribution in [2.75, 3.05) is 5.32 Å². The minimum Gasteiger partial charge on any atom is -0.336 e. The van der Waals surface area contributed by atoms with Gasteiger partial charge in [0.15, 0.2) is 5.13 Å². The summed E-state index contributed by atoms with van der Waals surface area (Å²) >= 11 is 1.50. The highest BCUT2D eigenvalue weighted by Gasteiger charge is 2.10. The van der Waals surface area contributed by atoms with Crippen molar-refractivity contribution in [1.29, 1.82) is 0 Å². The summed E-state index contributed by atoms with van der Waals surface area (Å²) in [5.41, 5.74) is 3.31. The molecule has 2 aromatic rings. The molecule has 0 aliphatic heterocycles. The van der Waals surface area contributed by atoms with Crippen molar-refractivity contribution in [1.82, 2.24) is 10.3 Å². The van der Waals surface area contributed by atoms with Crippen LogP contribution in [0.4, 0.5) is 9.93 Å². The predicted molar refractivity (Wildman–Crippen MR) is 76.4 cm³/mol. The Labute approximate surface area is 110 Å². The number of nitrogens with zero attached hydrogens (tertiary/aromatic N) is 1. The molecule has 2 amide bonds. The Balaban J connectivity index is 2.25. The first-order chi connectivity index (χ1) is 8.45. The zero-order chi connectivity index (χ0) is 13.3. The van der Waals surface area contributed by atoms with E-state index in [9.17, 15) is 4.79 Å². The number of hydrogen-bond donors (Lipinski definition) is 2. The number of aromatic nitrogens is 1. The van der Waals surface area contributed by atoms with E-state index in [4.69, 9.17) is 0 Å². The van der Waals surface area contributed by atoms with Crippen LogP contribution in [0.25, 0.3) is 10.2 Å². The average molecular weight is 263 g/mol. The van der Waals surface area contributed by atoms with Gasteiger partial charge in [-0.15, -0.1) is 0 Å². The Morgan fingerprint density at radius 2 is 2.06 bits per heavy atom. The lowest BCUT2D eigenvalue weighted by atomic mass is 10.1. The van der Waals surface area contributed by atoms with Gasteiger partial charge in [-0.1, -0.05) is 17.4 Å². The lowest BCUT2D eigenvalue weighted by Crippen LogP contribution is -2.34. The Morgan fingerprint density at radius 3 is 2.72 bits per heavy atom. The molecule has 0 unspecified atom stereocenters. The summed E-state index contributed by atoms with van der Waals surface area (Å²) in [6, 6.07) is 4.09. The first-order valence-corrected chi connectivity index (χ1v) is 6.72. The summed E-state index contributed by atoms with van der Waals surface area (Å²) in [6.07, 6.45) is 0. The maximum Gasteiger partial charge on any atom is 0.321 e. The summed E-state index contributed by atoms with van der Waals surface area (Å²) in [4.78, 5) is 16.0. The zero-order valence-electron chi connectivity index (χ0n) is 11.0. The number of anilines is 1. The first-order valence-electron chi connectivity index (χ1n) is 5.91. The van der Waals surface area contributed by atoms with Gasteiger partial charge < -0.3 is 5.32 Å². The average Bonchev–Trinajstić information content (AvgIpc) is 2.58. The molecule has 1 aromatic heterocycles. The Morgan fingerprint density at radius 1 is 1.33 bits per heavy atom. The molecule has 2 N–H and O–H groups in total. The number of benzene rings is 1. The number of nitrogens with one attached hydrogen (secondary N) is 2. The number of urea groups is 1. The molecule has 2 rings (SSSR count). The van der Waals surface area contributed by atoms with Crippen LogP contribution in [0, 0.1) is 13.8 Å². The van der Waals surface area contributed by atoms with Gasteiger partial charge in [-0.05, 0) is 44.9 Å². The van der Waals surface area contributed by atoms with Crippen LogP contribution in [0.15, 0.2) is 12.1 Å². The van der Waals surface area contributed by atoms with E-state index in [0.717, 1.165) is 15.8 Å². The highest BCUT2D eigenvalue weighted by Crippen LogP contribution is 2.29. The molecule has 0 radical (unpaired) electrons. The number of rotatable bonds is 2. The van der Waals surface area contributed by atoms with Crippen LogP contribution in [0.5, 0.6) is 0 Å². The van der Waals surface area contributed by atoms with Crippen molar-refractivity contribution < 1.29 is 4.79 Å². The van der Waals surface area contributed by atoms with E-state index in [1.807, 2.05) is 20.8 Å². The summed E-state index contributed by atoms with van der Waals surface area (Å²) in [5, 5.41) is 6.18. The number of carbonyl (C=O) groups excluding carboxylic acids is 1. The zero-order valence-corrected chi connectivity index (χ0v) is 11.8. The molecule has 0 aliphatic rings. The fourth-order valence-electron chi connectivity index (χ4n) is 1.82. The summed E-state index contributed by atoms with van der Waals surface area (Å²) < 4.78 is 1.10. The molecule has 0 atom stereocenters. The maximum atomic E-state index is 11.6. The number of carbonyl (C=O) groups is 1. The lowest BCUT2D eigenvalue weighted by molar-refractivity contribution is 0.250. The SMILES string of the molecule is Cc1cc(C)c2nc(NC(=O)NC(C)C)sc2c1. The van der Waals surface area contributed by atoms with Crippen LogP contribution in [-0.2, 0) is 0 Å². The second-order valence-electron chi connectivity index (χ2n) is 4.70. The molecular weight excluding hydrogens is 246 g/mol. The van der Waals surface area contributed by atoms with Gasteiger partial charge in [0, 0.05) is 6.04 Å². The number of fused-ring (bicyclic) bond motifs is 1. The van der Waals surface area contributed by atoms with Crippen LogP contribution < -0.4 is 10.6 Å². The van der Waals surface area contributed by atoms with Crippen LogP contribution in [-0.4, -0.2) is 17.1 Å². The summed E-state index contributed by atoms with van der Waals surface area (Å²) in [7, 11) is 0. The molecule has 0 saturated carbocycles. The monoisotopic (exact) mass is 263 g/mol. The summed E-state index contributed by atoms with van der Waals surface area (Å²) in [6.45, 7) is 7.94. The molecule has 0 aliphatic carbocycles. The van der Waals surface area contributed by atoms with E-state index in [-0.39, 0.29) is 12.1 Å². The number of thiazole rings is 1. The van der Waals surface area contributed by atoms with Gasteiger partial charge in [0.25, 0.3) is 0 Å². The van der Waals surface area contributed by atoms with Crippen molar-refractivity contribution in [2.24, 2.45) is 0 Å². The lowest BCUT2D eigenvalue weighted by Gasteiger charge is -2.07. The predicted octanol–water partition coefficient (Wildman–Crippen LogP) is 3.44. The van der Waals surface area contributed by atoms with Gasteiger partial charge in [-0.2, -0.15) is 0 Å². The Bertz CT molecular complexity index is 589. The molecule has 4 nitrogen and oxygen atoms in total. The van der Waals surface area contributed by atoms with Gasteiger partial charge in [-0.25, -0.2) is 9.78 Å². The fraction of sp³-hybridized carbons (Fsp3) is 0.385. The molecule has 0 saturated heterocycles. The van der Waals surface area contributed by atoms with Crippen molar-refractivity contribution >= 4 is 32.7 Å². The van der Waals surface area contributed by atoms with Crippen LogP contribution in [0.2, 0.25) is 0 Å². The van der Waals surface area contributed by atoms with Crippen molar-refractivity contribution in [3.63, 3.8) is 0 Å². The summed E-state index contributed by atoms with van der Waals surface area (Å²) in [5.74, 6) is 0. The van der Waals surface area contributed by atoms with Crippen molar-refractivity contribution in [3.8, 4) is 0 Å². The topological polar surface area (TPSA) is 54.0 Å². The molecule has 1 aromatic carbocycles. The van der Waals surface area contributed by atoms with Crippen LogP contribution >= 0.6 is 11.3 Å². The quantitative estimate of drug-likeness (QED) is 0.872. The van der Waals surface area contributed by atoms with Crippen LogP contribution in [0.3, 0.4) is 0 Å². The number of hydrogen-bond acceptors (Lipinski definition) is 3. The van der Waals surface area contributed by atoms with Crippen LogP contribution in [0.1, 0.15) is 25.0 Å². The fourth-order valence-corrected chi connectivity index (χ4v) is 2.86. The van der Waals surface area contributed by atoms with Gasteiger partial charge in [-0.3, -0.25) is 5.32 Å². The van der Waals surface area contributed by atoms with E-state index < -0.39 is 0 Å². The molecular formula is C13H17N3OS. The second kappa shape index (κ2) is 4.94. The third-order valence-electron chi connectivity index (χ3n) is 2.47.